The molecule has 1 spiro atoms. The molecule has 5 nitrogen and oxygen atoms in total. The van der Waals surface area contributed by atoms with E-state index in [1.165, 1.54) is 0 Å². The smallest absolute Gasteiger partial charge is 0.255 e. The van der Waals surface area contributed by atoms with E-state index in [9.17, 15) is 9.59 Å². The third-order valence-corrected chi connectivity index (χ3v) is 5.89. The van der Waals surface area contributed by atoms with Gasteiger partial charge in [0.05, 0.1) is 0 Å². The van der Waals surface area contributed by atoms with Crippen molar-refractivity contribution in [3.05, 3.63) is 71.8 Å². The average molecular weight is 347 g/mol. The normalized spacial score (nSPS) is 31.0. The molecule has 4 rings (SSSR count). The summed E-state index contributed by atoms with van der Waals surface area (Å²) in [5.74, 6) is -0.840. The van der Waals surface area contributed by atoms with Crippen molar-refractivity contribution in [1.82, 2.24) is 5.43 Å². The van der Waals surface area contributed by atoms with Gasteiger partial charge in [0.15, 0.2) is 0 Å². The van der Waals surface area contributed by atoms with Crippen LogP contribution in [0.15, 0.2) is 65.8 Å². The number of Topliss-reactive ketones (excluding diaryl/α,β-unsaturated/α-hetero) is 1. The molecule has 2 aromatic carbocycles. The highest BCUT2D eigenvalue weighted by molar-refractivity contribution is 6.14. The van der Waals surface area contributed by atoms with Gasteiger partial charge in [-0.05, 0) is 11.1 Å². The SMILES string of the molecule is C[C@H]1C(=O)CC(c2ccccc2)C2(C(=O)NN=C2N)[C@@H]1c1ccccc1. The van der Waals surface area contributed by atoms with Gasteiger partial charge in [-0.3, -0.25) is 9.59 Å². The molecule has 3 N–H and O–H groups in total. The van der Waals surface area contributed by atoms with Gasteiger partial charge in [0.1, 0.15) is 17.0 Å². The number of amides is 1. The topological polar surface area (TPSA) is 84.5 Å². The second-order valence-electron chi connectivity index (χ2n) is 7.12. The van der Waals surface area contributed by atoms with Gasteiger partial charge < -0.3 is 5.73 Å². The van der Waals surface area contributed by atoms with Gasteiger partial charge in [-0.15, -0.1) is 0 Å². The minimum absolute atomic E-state index is 0.144. The number of nitrogens with zero attached hydrogens (tertiary/aromatic N) is 1. The van der Waals surface area contributed by atoms with Gasteiger partial charge in [-0.25, -0.2) is 5.43 Å². The Balaban J connectivity index is 1.97. The monoisotopic (exact) mass is 347 g/mol. The van der Waals surface area contributed by atoms with Crippen LogP contribution < -0.4 is 11.2 Å². The molecule has 2 aromatic rings. The number of carbonyl (C=O) groups is 2. The highest BCUT2D eigenvalue weighted by Gasteiger charge is 2.63. The summed E-state index contributed by atoms with van der Waals surface area (Å²) < 4.78 is 0. The molecule has 2 unspecified atom stereocenters. The summed E-state index contributed by atoms with van der Waals surface area (Å²) in [5.41, 5.74) is 9.74. The summed E-state index contributed by atoms with van der Waals surface area (Å²) in [7, 11) is 0. The fraction of sp³-hybridized carbons (Fsp3) is 0.286. The van der Waals surface area contributed by atoms with Crippen LogP contribution in [0.2, 0.25) is 0 Å². The first-order chi connectivity index (χ1) is 12.6. The number of carbonyl (C=O) groups excluding carboxylic acids is 2. The van der Waals surface area contributed by atoms with E-state index in [2.05, 4.69) is 10.5 Å². The molecule has 0 bridgehead atoms. The van der Waals surface area contributed by atoms with Crippen molar-refractivity contribution in [1.29, 1.82) is 0 Å². The molecular formula is C21H21N3O2. The molecule has 26 heavy (non-hydrogen) atoms. The van der Waals surface area contributed by atoms with Crippen molar-refractivity contribution < 1.29 is 9.59 Å². The molecule has 1 heterocycles. The van der Waals surface area contributed by atoms with E-state index >= 15 is 0 Å². The Morgan fingerprint density at radius 3 is 2.12 bits per heavy atom. The maximum atomic E-state index is 13.2. The zero-order valence-electron chi connectivity index (χ0n) is 14.6. The van der Waals surface area contributed by atoms with Crippen molar-refractivity contribution in [3.63, 3.8) is 0 Å². The van der Waals surface area contributed by atoms with E-state index in [-0.39, 0.29) is 41.7 Å². The molecule has 4 atom stereocenters. The lowest BCUT2D eigenvalue weighted by atomic mass is 9.52. The molecule has 1 amide bonds. The van der Waals surface area contributed by atoms with Crippen LogP contribution in [0.1, 0.15) is 36.3 Å². The second-order valence-corrected chi connectivity index (χ2v) is 7.12. The quantitative estimate of drug-likeness (QED) is 0.875. The molecule has 0 saturated heterocycles. The van der Waals surface area contributed by atoms with Crippen LogP contribution >= 0.6 is 0 Å². The van der Waals surface area contributed by atoms with Crippen LogP contribution in [0.3, 0.4) is 0 Å². The highest BCUT2D eigenvalue weighted by Crippen LogP contribution is 2.57. The molecule has 1 saturated carbocycles. The van der Waals surface area contributed by atoms with Gasteiger partial charge in [0.2, 0.25) is 0 Å². The van der Waals surface area contributed by atoms with E-state index in [0.717, 1.165) is 11.1 Å². The summed E-state index contributed by atoms with van der Waals surface area (Å²) in [6.45, 7) is 1.89. The third kappa shape index (κ3) is 2.20. The maximum absolute atomic E-state index is 13.2. The number of benzene rings is 2. The summed E-state index contributed by atoms with van der Waals surface area (Å²) in [6.07, 6.45) is 0.276. The number of ketones is 1. The highest BCUT2D eigenvalue weighted by atomic mass is 16.2. The van der Waals surface area contributed by atoms with E-state index in [1.54, 1.807) is 0 Å². The summed E-state index contributed by atoms with van der Waals surface area (Å²) in [4.78, 5) is 26.1. The first-order valence-corrected chi connectivity index (χ1v) is 8.83. The minimum atomic E-state index is -1.06. The predicted molar refractivity (Wildman–Crippen MR) is 99.4 cm³/mol. The standard InChI is InChI=1S/C21H21N3O2/c1-13-17(25)12-16(14-8-4-2-5-9-14)21(19(22)23-24-20(21)26)18(13)15-10-6-3-7-11-15/h2-11,13,16,18H,12H2,1H3,(H2,22,23)(H,24,26)/t13-,16?,18-,21?/m0/s1. The molecule has 2 aliphatic rings. The van der Waals surface area contributed by atoms with Crippen molar-refractivity contribution in [3.8, 4) is 0 Å². The molecule has 0 radical (unpaired) electrons. The summed E-state index contributed by atoms with van der Waals surface area (Å²) in [6, 6.07) is 19.4. The van der Waals surface area contributed by atoms with E-state index in [0.29, 0.717) is 0 Å². The van der Waals surface area contributed by atoms with Crippen molar-refractivity contribution in [2.45, 2.75) is 25.2 Å². The fourth-order valence-corrected chi connectivity index (χ4v) is 4.67. The van der Waals surface area contributed by atoms with Crippen LogP contribution in [0.25, 0.3) is 0 Å². The lowest BCUT2D eigenvalue weighted by Crippen LogP contribution is -2.56. The van der Waals surface area contributed by atoms with E-state index in [1.807, 2.05) is 67.6 Å². The number of nitrogens with one attached hydrogen (secondary N) is 1. The number of hydrogen-bond acceptors (Lipinski definition) is 4. The van der Waals surface area contributed by atoms with Crippen LogP contribution in [0.4, 0.5) is 0 Å². The number of hydrogen-bond donors (Lipinski definition) is 2. The van der Waals surface area contributed by atoms with Gasteiger partial charge in [0, 0.05) is 24.2 Å². The zero-order chi connectivity index (χ0) is 18.3. The largest absolute Gasteiger partial charge is 0.385 e. The first-order valence-electron chi connectivity index (χ1n) is 8.83. The Kier molecular flexibility index (Phi) is 3.87. The molecular weight excluding hydrogens is 326 g/mol. The number of hydrazone groups is 1. The Morgan fingerprint density at radius 1 is 1.00 bits per heavy atom. The molecule has 1 fully saturated rings. The van der Waals surface area contributed by atoms with Gasteiger partial charge in [-0.2, -0.15) is 5.10 Å². The fourth-order valence-electron chi connectivity index (χ4n) is 4.67. The van der Waals surface area contributed by atoms with E-state index in [4.69, 9.17) is 5.73 Å². The Hall–Kier alpha value is -2.95. The van der Waals surface area contributed by atoms with Crippen LogP contribution in [-0.2, 0) is 9.59 Å². The van der Waals surface area contributed by atoms with E-state index < -0.39 is 5.41 Å². The first kappa shape index (κ1) is 16.5. The van der Waals surface area contributed by atoms with Crippen molar-refractivity contribution >= 4 is 17.5 Å². The number of rotatable bonds is 2. The summed E-state index contributed by atoms with van der Waals surface area (Å²) >= 11 is 0. The number of amidine groups is 1. The Bertz CT molecular complexity index is 879. The minimum Gasteiger partial charge on any atom is -0.385 e. The van der Waals surface area contributed by atoms with Gasteiger partial charge >= 0.3 is 0 Å². The molecule has 1 aliphatic heterocycles. The molecule has 0 aromatic heterocycles. The Labute approximate surface area is 152 Å². The predicted octanol–water partition coefficient (Wildman–Crippen LogP) is 2.55. The van der Waals surface area contributed by atoms with Crippen molar-refractivity contribution in [2.24, 2.45) is 22.2 Å². The molecule has 5 heteroatoms. The lowest BCUT2D eigenvalue weighted by molar-refractivity contribution is -0.136. The van der Waals surface area contributed by atoms with Crippen LogP contribution in [0, 0.1) is 11.3 Å². The van der Waals surface area contributed by atoms with Crippen molar-refractivity contribution in [2.75, 3.05) is 0 Å². The number of nitrogens with two attached hydrogens (primary N) is 1. The Morgan fingerprint density at radius 2 is 1.58 bits per heavy atom. The average Bonchev–Trinajstić information content (AvgIpc) is 2.96. The molecule has 132 valence electrons. The summed E-state index contributed by atoms with van der Waals surface area (Å²) in [5, 5.41) is 4.09. The molecule has 1 aliphatic carbocycles. The second kappa shape index (κ2) is 6.09. The zero-order valence-corrected chi connectivity index (χ0v) is 14.6. The van der Waals surface area contributed by atoms with Crippen LogP contribution in [0.5, 0.6) is 0 Å². The van der Waals surface area contributed by atoms with Gasteiger partial charge in [0.25, 0.3) is 5.91 Å². The lowest BCUT2D eigenvalue weighted by Gasteiger charge is -2.47. The van der Waals surface area contributed by atoms with Crippen LogP contribution in [-0.4, -0.2) is 17.5 Å². The third-order valence-electron chi connectivity index (χ3n) is 5.89. The van der Waals surface area contributed by atoms with Gasteiger partial charge in [-0.1, -0.05) is 67.6 Å². The maximum Gasteiger partial charge on any atom is 0.255 e.